The number of fused-ring (bicyclic) bond motifs is 2. The molecule has 2 aliphatic heterocycles. The summed E-state index contributed by atoms with van der Waals surface area (Å²) < 4.78 is 44.9. The smallest absolute Gasteiger partial charge is 0.382 e. The number of alkyl halides is 3. The monoisotopic (exact) mass is 333 g/mol. The average molecular weight is 333 g/mol. The molecule has 0 radical (unpaired) electrons. The van der Waals surface area contributed by atoms with Crippen LogP contribution in [-0.2, 0) is 4.74 Å². The van der Waals surface area contributed by atoms with Crippen molar-refractivity contribution in [2.24, 2.45) is 5.92 Å². The molecule has 130 valence electrons. The Bertz CT molecular complexity index is 521. The molecule has 9 heteroatoms. The molecule has 1 aromatic heterocycles. The highest BCUT2D eigenvalue weighted by molar-refractivity contribution is 5.36. The van der Waals surface area contributed by atoms with Crippen LogP contribution in [0.4, 0.5) is 19.1 Å². The van der Waals surface area contributed by atoms with Gasteiger partial charge in [-0.1, -0.05) is 5.10 Å². The molecule has 2 unspecified atom stereocenters. The fourth-order valence-electron chi connectivity index (χ4n) is 4.07. The molecule has 0 spiro atoms. The fraction of sp³-hybridized carbons (Fsp3) is 0.929. The van der Waals surface area contributed by atoms with E-state index in [1.807, 2.05) is 6.92 Å². The van der Waals surface area contributed by atoms with E-state index in [0.29, 0.717) is 25.4 Å². The van der Waals surface area contributed by atoms with Crippen LogP contribution in [0.1, 0.15) is 45.1 Å². The van der Waals surface area contributed by atoms with Crippen LogP contribution < -0.4 is 4.90 Å². The molecule has 0 aromatic carbocycles. The Labute approximate surface area is 133 Å². The highest BCUT2D eigenvalue weighted by atomic mass is 19.4. The van der Waals surface area contributed by atoms with E-state index in [-0.39, 0.29) is 24.0 Å². The predicted molar refractivity (Wildman–Crippen MR) is 77.1 cm³/mol. The third-order valence-corrected chi connectivity index (χ3v) is 4.88. The summed E-state index contributed by atoms with van der Waals surface area (Å²) in [7, 11) is 1.62. The van der Waals surface area contributed by atoms with Crippen molar-refractivity contribution in [3.8, 4) is 0 Å². The Morgan fingerprint density at radius 2 is 1.91 bits per heavy atom. The first-order valence-electron chi connectivity index (χ1n) is 8.01. The SMILES string of the molecule is COC[C@@H](C)n1nnnc1N1C2CCC1CC(CC(F)(F)F)C2. The van der Waals surface area contributed by atoms with Crippen molar-refractivity contribution in [3.05, 3.63) is 0 Å². The maximum atomic E-state index is 12.7. The summed E-state index contributed by atoms with van der Waals surface area (Å²) in [6.07, 6.45) is -1.84. The van der Waals surface area contributed by atoms with Crippen molar-refractivity contribution >= 4 is 5.95 Å². The van der Waals surface area contributed by atoms with Crippen LogP contribution in [-0.4, -0.2) is 52.2 Å². The van der Waals surface area contributed by atoms with Crippen LogP contribution in [0.2, 0.25) is 0 Å². The maximum absolute atomic E-state index is 12.7. The normalized spacial score (nSPS) is 29.1. The first-order chi connectivity index (χ1) is 10.9. The maximum Gasteiger partial charge on any atom is 0.389 e. The Morgan fingerprint density at radius 3 is 2.48 bits per heavy atom. The van der Waals surface area contributed by atoms with Crippen molar-refractivity contribution in [1.82, 2.24) is 20.2 Å². The molecule has 6 nitrogen and oxygen atoms in total. The zero-order valence-electron chi connectivity index (χ0n) is 13.3. The standard InChI is InChI=1S/C14H22F3N5O/c1-9(8-23-2)22-13(18-19-20-22)21-11-3-4-12(21)6-10(5-11)7-14(15,16)17/h9-12H,3-8H2,1-2H3/t9-,10?,11?,12?/m1/s1. The number of rotatable bonds is 5. The molecule has 3 rings (SSSR count). The zero-order chi connectivity index (χ0) is 16.6. The van der Waals surface area contributed by atoms with Crippen LogP contribution in [0.15, 0.2) is 0 Å². The number of nitrogens with zero attached hydrogens (tertiary/aromatic N) is 5. The minimum absolute atomic E-state index is 0.0164. The second-order valence-electron chi connectivity index (χ2n) is 6.68. The van der Waals surface area contributed by atoms with Crippen molar-refractivity contribution in [2.75, 3.05) is 18.6 Å². The second kappa shape index (κ2) is 6.26. The first kappa shape index (κ1) is 16.5. The molecule has 0 aliphatic carbocycles. The molecule has 2 saturated heterocycles. The third kappa shape index (κ3) is 3.44. The minimum Gasteiger partial charge on any atom is -0.382 e. The van der Waals surface area contributed by atoms with Gasteiger partial charge in [0.25, 0.3) is 0 Å². The molecule has 1 aromatic rings. The van der Waals surface area contributed by atoms with Gasteiger partial charge in [0.2, 0.25) is 5.95 Å². The highest BCUT2D eigenvalue weighted by Crippen LogP contribution is 2.44. The number of halogens is 3. The lowest BCUT2D eigenvalue weighted by molar-refractivity contribution is -0.146. The lowest BCUT2D eigenvalue weighted by Crippen LogP contribution is -2.45. The summed E-state index contributed by atoms with van der Waals surface area (Å²) in [6.45, 7) is 2.44. The van der Waals surface area contributed by atoms with Gasteiger partial charge >= 0.3 is 6.18 Å². The van der Waals surface area contributed by atoms with Gasteiger partial charge in [0, 0.05) is 25.6 Å². The van der Waals surface area contributed by atoms with Crippen LogP contribution >= 0.6 is 0 Å². The van der Waals surface area contributed by atoms with Gasteiger partial charge in [-0.25, -0.2) is 4.68 Å². The topological polar surface area (TPSA) is 56.1 Å². The predicted octanol–water partition coefficient (Wildman–Crippen LogP) is 2.58. The van der Waals surface area contributed by atoms with E-state index in [4.69, 9.17) is 4.74 Å². The molecule has 2 bridgehead atoms. The lowest BCUT2D eigenvalue weighted by atomic mass is 9.88. The summed E-state index contributed by atoms with van der Waals surface area (Å²) in [5.41, 5.74) is 0. The van der Waals surface area contributed by atoms with E-state index in [9.17, 15) is 13.2 Å². The van der Waals surface area contributed by atoms with Crippen LogP contribution in [0.25, 0.3) is 0 Å². The average Bonchev–Trinajstić information content (AvgIpc) is 3.00. The molecule has 3 heterocycles. The molecular weight excluding hydrogens is 311 g/mol. The fourth-order valence-corrected chi connectivity index (χ4v) is 4.07. The van der Waals surface area contributed by atoms with Crippen LogP contribution in [0.5, 0.6) is 0 Å². The van der Waals surface area contributed by atoms with Gasteiger partial charge < -0.3 is 9.64 Å². The number of methoxy groups -OCH3 is 1. The summed E-state index contributed by atoms with van der Waals surface area (Å²) in [5.74, 6) is 0.372. The van der Waals surface area contributed by atoms with E-state index in [2.05, 4.69) is 20.4 Å². The van der Waals surface area contributed by atoms with Gasteiger partial charge in [-0.2, -0.15) is 13.2 Å². The molecule has 3 atom stereocenters. The Kier molecular flexibility index (Phi) is 4.48. The lowest BCUT2D eigenvalue weighted by Gasteiger charge is -2.39. The number of anilines is 1. The first-order valence-corrected chi connectivity index (χ1v) is 8.01. The molecule has 2 aliphatic rings. The van der Waals surface area contributed by atoms with Crippen molar-refractivity contribution in [3.63, 3.8) is 0 Å². The van der Waals surface area contributed by atoms with Gasteiger partial charge in [-0.15, -0.1) is 0 Å². The summed E-state index contributed by atoms with van der Waals surface area (Å²) in [4.78, 5) is 2.14. The second-order valence-corrected chi connectivity index (χ2v) is 6.68. The van der Waals surface area contributed by atoms with E-state index in [1.54, 1.807) is 11.8 Å². The van der Waals surface area contributed by atoms with E-state index >= 15 is 0 Å². The van der Waals surface area contributed by atoms with Gasteiger partial charge in [0.15, 0.2) is 0 Å². The Hall–Kier alpha value is -1.38. The molecule has 23 heavy (non-hydrogen) atoms. The largest absolute Gasteiger partial charge is 0.389 e. The van der Waals surface area contributed by atoms with Gasteiger partial charge in [0.05, 0.1) is 12.6 Å². The molecule has 0 N–H and O–H groups in total. The molecule has 0 amide bonds. The van der Waals surface area contributed by atoms with Crippen LogP contribution in [0, 0.1) is 5.92 Å². The highest BCUT2D eigenvalue weighted by Gasteiger charge is 2.45. The molecule has 2 fully saturated rings. The number of hydrogen-bond acceptors (Lipinski definition) is 5. The zero-order valence-corrected chi connectivity index (χ0v) is 13.3. The van der Waals surface area contributed by atoms with Gasteiger partial charge in [0.1, 0.15) is 0 Å². The third-order valence-electron chi connectivity index (χ3n) is 4.88. The number of piperidine rings is 1. The van der Waals surface area contributed by atoms with Crippen LogP contribution in [0.3, 0.4) is 0 Å². The quantitative estimate of drug-likeness (QED) is 0.829. The summed E-state index contributed by atoms with van der Waals surface area (Å²) >= 11 is 0. The van der Waals surface area contributed by atoms with Crippen molar-refractivity contribution in [1.29, 1.82) is 0 Å². The number of ether oxygens (including phenoxy) is 1. The Balaban J connectivity index is 1.75. The number of aromatic nitrogens is 4. The molecule has 0 saturated carbocycles. The van der Waals surface area contributed by atoms with E-state index < -0.39 is 12.6 Å². The summed E-state index contributed by atoms with van der Waals surface area (Å²) in [5, 5.41) is 11.9. The molecular formula is C14H22F3N5O. The van der Waals surface area contributed by atoms with E-state index in [1.165, 1.54) is 0 Å². The minimum atomic E-state index is -4.08. The van der Waals surface area contributed by atoms with Crippen molar-refractivity contribution < 1.29 is 17.9 Å². The van der Waals surface area contributed by atoms with Crippen molar-refractivity contribution in [2.45, 2.75) is 63.3 Å². The summed E-state index contributed by atoms with van der Waals surface area (Å²) in [6, 6.07) is 0.179. The van der Waals surface area contributed by atoms with Gasteiger partial charge in [-0.3, -0.25) is 0 Å². The number of hydrogen-bond donors (Lipinski definition) is 0. The number of tetrazole rings is 1. The van der Waals surface area contributed by atoms with Gasteiger partial charge in [-0.05, 0) is 49.0 Å². The Morgan fingerprint density at radius 1 is 1.26 bits per heavy atom. The van der Waals surface area contributed by atoms with E-state index in [0.717, 1.165) is 12.8 Å².